The summed E-state index contributed by atoms with van der Waals surface area (Å²) in [7, 11) is -3.46. The van der Waals surface area contributed by atoms with Gasteiger partial charge in [0, 0.05) is 6.54 Å². The lowest BCUT2D eigenvalue weighted by molar-refractivity contribution is 0.539. The smallest absolute Gasteiger partial charge is 0.240 e. The Labute approximate surface area is 119 Å². The van der Waals surface area contributed by atoms with Gasteiger partial charge in [-0.2, -0.15) is 5.26 Å². The van der Waals surface area contributed by atoms with Crippen molar-refractivity contribution >= 4 is 22.4 Å². The first-order valence-corrected chi connectivity index (χ1v) is 7.31. The van der Waals surface area contributed by atoms with E-state index in [4.69, 9.17) is 5.26 Å². The highest BCUT2D eigenvalue weighted by Gasteiger charge is 2.19. The van der Waals surface area contributed by atoms with Crippen molar-refractivity contribution in [2.45, 2.75) is 11.3 Å². The molecule has 0 saturated carbocycles. The molecule has 1 aromatic carbocycles. The molecule has 1 aromatic rings. The number of nitriles is 1. The Hall–Kier alpha value is -1.13. The fourth-order valence-electron chi connectivity index (χ4n) is 1.91. The van der Waals surface area contributed by atoms with Gasteiger partial charge in [-0.05, 0) is 49.7 Å². The van der Waals surface area contributed by atoms with Gasteiger partial charge in [0.25, 0.3) is 0 Å². The Kier molecular flexibility index (Phi) is 5.76. The second-order valence-electron chi connectivity index (χ2n) is 4.35. The van der Waals surface area contributed by atoms with E-state index in [0.717, 1.165) is 19.5 Å². The van der Waals surface area contributed by atoms with E-state index in [-0.39, 0.29) is 17.3 Å². The zero-order valence-electron chi connectivity index (χ0n) is 10.3. The molecular weight excluding hydrogens is 286 g/mol. The minimum Gasteiger partial charge on any atom is -0.316 e. The van der Waals surface area contributed by atoms with Crippen molar-refractivity contribution < 1.29 is 8.42 Å². The molecule has 0 aromatic heterocycles. The van der Waals surface area contributed by atoms with Crippen LogP contribution in [0.3, 0.4) is 0 Å². The van der Waals surface area contributed by atoms with E-state index in [1.165, 1.54) is 24.3 Å². The molecule has 7 heteroatoms. The Morgan fingerprint density at radius 1 is 1.37 bits per heavy atom. The number of benzene rings is 1. The molecule has 1 aliphatic heterocycles. The molecule has 0 amide bonds. The van der Waals surface area contributed by atoms with Crippen molar-refractivity contribution in [2.24, 2.45) is 5.92 Å². The maximum Gasteiger partial charge on any atom is 0.240 e. The molecule has 19 heavy (non-hydrogen) atoms. The van der Waals surface area contributed by atoms with E-state index in [2.05, 4.69) is 10.0 Å². The maximum absolute atomic E-state index is 12.0. The standard InChI is InChI=1S/C12H15N3O2S.ClH/c13-7-10-1-3-12(4-2-10)18(16,17)15-9-11-5-6-14-8-11;/h1-4,11,14-15H,5-6,8-9H2;1H. The van der Waals surface area contributed by atoms with Crippen molar-refractivity contribution in [1.82, 2.24) is 10.0 Å². The molecule has 0 spiro atoms. The Morgan fingerprint density at radius 3 is 2.58 bits per heavy atom. The van der Waals surface area contributed by atoms with Gasteiger partial charge >= 0.3 is 0 Å². The summed E-state index contributed by atoms with van der Waals surface area (Å²) in [5, 5.41) is 11.8. The molecule has 1 heterocycles. The van der Waals surface area contributed by atoms with Gasteiger partial charge in [0.05, 0.1) is 16.5 Å². The van der Waals surface area contributed by atoms with Gasteiger partial charge in [0.2, 0.25) is 10.0 Å². The number of sulfonamides is 1. The van der Waals surface area contributed by atoms with E-state index in [1.54, 1.807) is 0 Å². The predicted molar refractivity (Wildman–Crippen MR) is 74.6 cm³/mol. The summed E-state index contributed by atoms with van der Waals surface area (Å²) in [6, 6.07) is 7.87. The van der Waals surface area contributed by atoms with Crippen molar-refractivity contribution in [3.8, 4) is 6.07 Å². The second kappa shape index (κ2) is 6.87. The molecule has 2 rings (SSSR count). The first-order chi connectivity index (χ1) is 8.62. The molecule has 0 aliphatic carbocycles. The lowest BCUT2D eigenvalue weighted by Gasteiger charge is -2.10. The summed E-state index contributed by atoms with van der Waals surface area (Å²) in [5.41, 5.74) is 0.453. The Bertz CT molecular complexity index is 545. The highest BCUT2D eigenvalue weighted by Crippen LogP contribution is 2.12. The van der Waals surface area contributed by atoms with Gasteiger partial charge < -0.3 is 5.32 Å². The molecule has 1 fully saturated rings. The average molecular weight is 302 g/mol. The van der Waals surface area contributed by atoms with Crippen LogP contribution in [0.5, 0.6) is 0 Å². The topological polar surface area (TPSA) is 82.0 Å². The SMILES string of the molecule is Cl.N#Cc1ccc(S(=O)(=O)NCC2CCNC2)cc1. The Balaban J connectivity index is 0.00000180. The lowest BCUT2D eigenvalue weighted by atomic mass is 10.1. The van der Waals surface area contributed by atoms with Gasteiger partial charge in [-0.1, -0.05) is 0 Å². The minimum atomic E-state index is -3.46. The van der Waals surface area contributed by atoms with Crippen LogP contribution in [0.2, 0.25) is 0 Å². The number of nitrogens with one attached hydrogen (secondary N) is 2. The molecule has 0 bridgehead atoms. The third kappa shape index (κ3) is 4.18. The third-order valence-corrected chi connectivity index (χ3v) is 4.46. The molecule has 1 saturated heterocycles. The minimum absolute atomic E-state index is 0. The van der Waals surface area contributed by atoms with Gasteiger partial charge in [-0.3, -0.25) is 0 Å². The van der Waals surface area contributed by atoms with Gasteiger partial charge in [0.1, 0.15) is 0 Å². The van der Waals surface area contributed by atoms with Crippen LogP contribution < -0.4 is 10.0 Å². The van der Waals surface area contributed by atoms with E-state index in [0.29, 0.717) is 18.0 Å². The molecule has 0 radical (unpaired) electrons. The van der Waals surface area contributed by atoms with Crippen LogP contribution in [0.15, 0.2) is 29.2 Å². The fraction of sp³-hybridized carbons (Fsp3) is 0.417. The normalized spacial score (nSPS) is 18.6. The Morgan fingerprint density at radius 2 is 2.05 bits per heavy atom. The fourth-order valence-corrected chi connectivity index (χ4v) is 3.02. The van der Waals surface area contributed by atoms with Crippen LogP contribution in [0.1, 0.15) is 12.0 Å². The molecule has 5 nitrogen and oxygen atoms in total. The highest BCUT2D eigenvalue weighted by molar-refractivity contribution is 7.89. The summed E-state index contributed by atoms with van der Waals surface area (Å²) < 4.78 is 26.6. The summed E-state index contributed by atoms with van der Waals surface area (Å²) in [5.74, 6) is 0.359. The van der Waals surface area contributed by atoms with Gasteiger partial charge in [-0.15, -0.1) is 12.4 Å². The number of rotatable bonds is 4. The summed E-state index contributed by atoms with van der Waals surface area (Å²) in [6.07, 6.45) is 0.996. The number of hydrogen-bond donors (Lipinski definition) is 2. The van der Waals surface area contributed by atoms with Crippen molar-refractivity contribution in [2.75, 3.05) is 19.6 Å². The van der Waals surface area contributed by atoms with E-state index >= 15 is 0 Å². The molecule has 1 aliphatic rings. The zero-order chi connectivity index (χ0) is 13.0. The quantitative estimate of drug-likeness (QED) is 0.864. The predicted octanol–water partition coefficient (Wildman–Crippen LogP) is 0.868. The monoisotopic (exact) mass is 301 g/mol. The zero-order valence-corrected chi connectivity index (χ0v) is 11.9. The van der Waals surface area contributed by atoms with Crippen LogP contribution in [-0.4, -0.2) is 28.1 Å². The van der Waals surface area contributed by atoms with E-state index in [9.17, 15) is 8.42 Å². The second-order valence-corrected chi connectivity index (χ2v) is 6.11. The first-order valence-electron chi connectivity index (χ1n) is 5.82. The van der Waals surface area contributed by atoms with Gasteiger partial charge in [0.15, 0.2) is 0 Å². The molecule has 2 N–H and O–H groups in total. The van der Waals surface area contributed by atoms with Crippen molar-refractivity contribution in [1.29, 1.82) is 5.26 Å². The maximum atomic E-state index is 12.0. The van der Waals surface area contributed by atoms with E-state index in [1.807, 2.05) is 6.07 Å². The summed E-state index contributed by atoms with van der Waals surface area (Å²) in [4.78, 5) is 0.201. The number of nitrogens with zero attached hydrogens (tertiary/aromatic N) is 1. The third-order valence-electron chi connectivity index (χ3n) is 3.02. The summed E-state index contributed by atoms with van der Waals surface area (Å²) in [6.45, 7) is 2.26. The first kappa shape index (κ1) is 15.9. The lowest BCUT2D eigenvalue weighted by Crippen LogP contribution is -2.30. The summed E-state index contributed by atoms with van der Waals surface area (Å²) >= 11 is 0. The molecular formula is C12H16ClN3O2S. The van der Waals surface area contributed by atoms with Crippen LogP contribution >= 0.6 is 12.4 Å². The van der Waals surface area contributed by atoms with Crippen LogP contribution in [0.25, 0.3) is 0 Å². The van der Waals surface area contributed by atoms with Gasteiger partial charge in [-0.25, -0.2) is 13.1 Å². The number of halogens is 1. The largest absolute Gasteiger partial charge is 0.316 e. The van der Waals surface area contributed by atoms with Crippen LogP contribution in [0, 0.1) is 17.2 Å². The molecule has 104 valence electrons. The molecule has 1 atom stereocenters. The number of hydrogen-bond acceptors (Lipinski definition) is 4. The van der Waals surface area contributed by atoms with Crippen LogP contribution in [0.4, 0.5) is 0 Å². The highest BCUT2D eigenvalue weighted by atomic mass is 35.5. The van der Waals surface area contributed by atoms with E-state index < -0.39 is 10.0 Å². The molecule has 1 unspecified atom stereocenters. The average Bonchev–Trinajstić information content (AvgIpc) is 2.90. The van der Waals surface area contributed by atoms with Crippen LogP contribution in [-0.2, 0) is 10.0 Å². The van der Waals surface area contributed by atoms with Crippen molar-refractivity contribution in [3.63, 3.8) is 0 Å². The van der Waals surface area contributed by atoms with Crippen molar-refractivity contribution in [3.05, 3.63) is 29.8 Å².